The van der Waals surface area contributed by atoms with Crippen LogP contribution in [0.2, 0.25) is 0 Å². The second kappa shape index (κ2) is 8.29. The number of aromatic carboxylic acids is 2. The van der Waals surface area contributed by atoms with Crippen molar-refractivity contribution in [3.8, 4) is 11.5 Å². The number of carbonyl (C=O) groups is 2. The first-order chi connectivity index (χ1) is 10.5. The summed E-state index contributed by atoms with van der Waals surface area (Å²) in [4.78, 5) is 22.0. The van der Waals surface area contributed by atoms with Gasteiger partial charge >= 0.3 is 38.1 Å². The molecule has 0 aliphatic carbocycles. The molecule has 3 N–H and O–H groups in total. The summed E-state index contributed by atoms with van der Waals surface area (Å²) in [6.07, 6.45) is 0. The Bertz CT molecular complexity index is 648. The summed E-state index contributed by atoms with van der Waals surface area (Å²) in [5, 5.41) is 27.7. The Morgan fingerprint density at radius 1 is 0.783 bits per heavy atom. The third-order valence-electron chi connectivity index (χ3n) is 2.69. The first-order valence-electron chi connectivity index (χ1n) is 6.15. The van der Waals surface area contributed by atoms with Crippen LogP contribution in [0, 0.1) is 0 Å². The molecule has 0 aliphatic rings. The molecule has 0 aliphatic heterocycles. The van der Waals surface area contributed by atoms with Crippen molar-refractivity contribution in [2.75, 3.05) is 0 Å². The van der Waals surface area contributed by atoms with Gasteiger partial charge in [0, 0.05) is 0 Å². The standard InChI is InChI=1S/C14H11BO7.Li.H/c16-13(17)9-5-1-3-7-11(9)21-15(20)22-12-8-4-2-6-10(12)14(18)19;;/h1-8,20H,(H,16,17)(H,18,19);;. The van der Waals surface area contributed by atoms with Gasteiger partial charge < -0.3 is 24.5 Å². The van der Waals surface area contributed by atoms with Gasteiger partial charge in [0.1, 0.15) is 11.5 Å². The molecule has 0 aromatic heterocycles. The van der Waals surface area contributed by atoms with Crippen LogP contribution < -0.4 is 9.31 Å². The quantitative estimate of drug-likeness (QED) is 0.678. The van der Waals surface area contributed by atoms with Crippen molar-refractivity contribution in [3.05, 3.63) is 59.7 Å². The third kappa shape index (κ3) is 4.79. The fourth-order valence-corrected chi connectivity index (χ4v) is 1.73. The number of para-hydroxylation sites is 2. The van der Waals surface area contributed by atoms with E-state index in [0.717, 1.165) is 0 Å². The molecule has 0 bridgehead atoms. The number of carboxylic acid groups (broad SMARTS) is 2. The van der Waals surface area contributed by atoms with Crippen LogP contribution in [0.3, 0.4) is 0 Å². The van der Waals surface area contributed by atoms with Gasteiger partial charge in [-0.15, -0.1) is 0 Å². The van der Waals surface area contributed by atoms with Crippen LogP contribution in [0.5, 0.6) is 11.5 Å². The van der Waals surface area contributed by atoms with Crippen LogP contribution in [0.25, 0.3) is 0 Å². The Morgan fingerprint density at radius 2 is 1.13 bits per heavy atom. The fourth-order valence-electron chi connectivity index (χ4n) is 1.73. The summed E-state index contributed by atoms with van der Waals surface area (Å²) < 4.78 is 10.0. The van der Waals surface area contributed by atoms with Crippen molar-refractivity contribution >= 4 is 38.1 Å². The van der Waals surface area contributed by atoms with Gasteiger partial charge in [0.15, 0.2) is 0 Å². The molecule has 0 radical (unpaired) electrons. The second-order valence-corrected chi connectivity index (χ2v) is 4.15. The van der Waals surface area contributed by atoms with Gasteiger partial charge in [-0.05, 0) is 24.3 Å². The molecule has 2 aromatic carbocycles. The molecule has 23 heavy (non-hydrogen) atoms. The molecule has 0 amide bonds. The maximum atomic E-state index is 11.0. The van der Waals surface area contributed by atoms with E-state index in [2.05, 4.69) is 0 Å². The van der Waals surface area contributed by atoms with Gasteiger partial charge in [0.2, 0.25) is 0 Å². The Hall–Kier alpha value is -2.40. The molecular formula is C14H12BLiO7. The van der Waals surface area contributed by atoms with E-state index in [1.54, 1.807) is 0 Å². The normalized spacial score (nSPS) is 9.43. The van der Waals surface area contributed by atoms with E-state index in [-0.39, 0.29) is 41.5 Å². The zero-order valence-electron chi connectivity index (χ0n) is 11.2. The molecule has 0 spiro atoms. The molecule has 0 saturated heterocycles. The molecular weight excluding hydrogens is 298 g/mol. The minimum absolute atomic E-state index is 0. The topological polar surface area (TPSA) is 113 Å². The van der Waals surface area contributed by atoms with Crippen molar-refractivity contribution in [3.63, 3.8) is 0 Å². The predicted octanol–water partition coefficient (Wildman–Crippen LogP) is 0.869. The molecule has 0 unspecified atom stereocenters. The van der Waals surface area contributed by atoms with Gasteiger partial charge in [0.25, 0.3) is 0 Å². The fraction of sp³-hybridized carbons (Fsp3) is 0. The van der Waals surface area contributed by atoms with Gasteiger partial charge in [0.05, 0.1) is 11.1 Å². The minimum atomic E-state index is -1.86. The van der Waals surface area contributed by atoms with E-state index >= 15 is 0 Å². The van der Waals surface area contributed by atoms with Crippen LogP contribution in [0.4, 0.5) is 0 Å². The van der Waals surface area contributed by atoms with Crippen molar-refractivity contribution in [1.29, 1.82) is 0 Å². The van der Waals surface area contributed by atoms with Crippen molar-refractivity contribution in [2.24, 2.45) is 0 Å². The zero-order chi connectivity index (χ0) is 16.1. The molecule has 0 fully saturated rings. The van der Waals surface area contributed by atoms with Crippen LogP contribution in [0.15, 0.2) is 48.5 Å². The number of benzene rings is 2. The van der Waals surface area contributed by atoms with Gasteiger partial charge in [-0.2, -0.15) is 0 Å². The summed E-state index contributed by atoms with van der Waals surface area (Å²) in [6, 6.07) is 11.4. The van der Waals surface area contributed by atoms with Gasteiger partial charge in [-0.25, -0.2) is 9.59 Å². The Balaban J connectivity index is 0.00000264. The summed E-state index contributed by atoms with van der Waals surface area (Å²) in [5.74, 6) is -2.66. The van der Waals surface area contributed by atoms with Gasteiger partial charge in [-0.3, -0.25) is 0 Å². The SMILES string of the molecule is O=C(O)c1ccccc1OB(O)Oc1ccccc1C(=O)O.[LiH]. The zero-order valence-corrected chi connectivity index (χ0v) is 11.2. The van der Waals surface area contributed by atoms with Gasteiger partial charge in [-0.1, -0.05) is 24.3 Å². The molecule has 114 valence electrons. The average molecular weight is 310 g/mol. The number of carboxylic acids is 2. The van der Waals surface area contributed by atoms with E-state index in [1.807, 2.05) is 0 Å². The predicted molar refractivity (Wildman–Crippen MR) is 83.2 cm³/mol. The second-order valence-electron chi connectivity index (χ2n) is 4.15. The molecule has 0 saturated carbocycles. The van der Waals surface area contributed by atoms with E-state index < -0.39 is 19.3 Å². The maximum absolute atomic E-state index is 11.0. The summed E-state index contributed by atoms with van der Waals surface area (Å²) in [5.41, 5.74) is -0.312. The molecule has 0 heterocycles. The molecule has 7 nitrogen and oxygen atoms in total. The van der Waals surface area contributed by atoms with Crippen molar-refractivity contribution in [1.82, 2.24) is 0 Å². The molecule has 9 heteroatoms. The summed E-state index contributed by atoms with van der Waals surface area (Å²) in [7, 11) is -1.86. The van der Waals surface area contributed by atoms with E-state index in [4.69, 9.17) is 19.5 Å². The van der Waals surface area contributed by atoms with Crippen molar-refractivity contribution in [2.45, 2.75) is 0 Å². The van der Waals surface area contributed by atoms with Crippen LogP contribution in [0.1, 0.15) is 20.7 Å². The van der Waals surface area contributed by atoms with Crippen LogP contribution in [-0.4, -0.2) is 53.4 Å². The molecule has 2 rings (SSSR count). The van der Waals surface area contributed by atoms with Crippen LogP contribution >= 0.6 is 0 Å². The van der Waals surface area contributed by atoms with E-state index in [9.17, 15) is 14.6 Å². The number of hydrogen-bond donors (Lipinski definition) is 3. The monoisotopic (exact) mass is 310 g/mol. The first-order valence-corrected chi connectivity index (χ1v) is 6.15. The first kappa shape index (κ1) is 18.7. The third-order valence-corrected chi connectivity index (χ3v) is 2.69. The van der Waals surface area contributed by atoms with Crippen molar-refractivity contribution < 1.29 is 34.1 Å². The number of hydrogen-bond acceptors (Lipinski definition) is 5. The molecule has 0 atom stereocenters. The molecule has 2 aromatic rings. The average Bonchev–Trinajstić information content (AvgIpc) is 2.47. The van der Waals surface area contributed by atoms with E-state index in [0.29, 0.717) is 0 Å². The summed E-state index contributed by atoms with van der Waals surface area (Å²) >= 11 is 0. The van der Waals surface area contributed by atoms with E-state index in [1.165, 1.54) is 48.5 Å². The Labute approximate surface area is 143 Å². The Morgan fingerprint density at radius 3 is 1.48 bits per heavy atom. The summed E-state index contributed by atoms with van der Waals surface area (Å²) in [6.45, 7) is 0. The Kier molecular flexibility index (Phi) is 6.72. The number of rotatable bonds is 6. The van der Waals surface area contributed by atoms with Crippen LogP contribution in [-0.2, 0) is 0 Å².